The summed E-state index contributed by atoms with van der Waals surface area (Å²) in [5, 5.41) is 14.5. The zero-order chi connectivity index (χ0) is 12.7. The first-order chi connectivity index (χ1) is 8.19. The van der Waals surface area contributed by atoms with Crippen LogP contribution in [0.5, 0.6) is 0 Å². The fourth-order valence-corrected chi connectivity index (χ4v) is 1.32. The molecular formula is C11H23IN6. The molecule has 0 spiro atoms. The third-order valence-corrected chi connectivity index (χ3v) is 2.45. The highest BCUT2D eigenvalue weighted by atomic mass is 127. The summed E-state index contributed by atoms with van der Waals surface area (Å²) in [6.07, 6.45) is 1.08. The van der Waals surface area contributed by atoms with Gasteiger partial charge in [-0.05, 0) is 20.3 Å². The molecule has 18 heavy (non-hydrogen) atoms. The van der Waals surface area contributed by atoms with Crippen LogP contribution in [0.15, 0.2) is 4.99 Å². The molecule has 1 heterocycles. The van der Waals surface area contributed by atoms with E-state index < -0.39 is 0 Å². The molecule has 1 aromatic rings. The quantitative estimate of drug-likeness (QED) is 0.467. The highest BCUT2D eigenvalue weighted by Crippen LogP contribution is 1.98. The molecule has 0 unspecified atom stereocenters. The van der Waals surface area contributed by atoms with E-state index in [1.54, 1.807) is 0 Å². The first-order valence-corrected chi connectivity index (χ1v) is 6.06. The second-order valence-corrected chi connectivity index (χ2v) is 3.84. The largest absolute Gasteiger partial charge is 0.357 e. The second-order valence-electron chi connectivity index (χ2n) is 3.84. The maximum absolute atomic E-state index is 4.47. The number of guanidine groups is 1. The molecule has 104 valence electrons. The fraction of sp³-hybridized carbons (Fsp3) is 0.727. The highest BCUT2D eigenvalue weighted by molar-refractivity contribution is 14.0. The summed E-state index contributed by atoms with van der Waals surface area (Å²) in [5.74, 6) is 2.60. The van der Waals surface area contributed by atoms with Crippen LogP contribution in [0.25, 0.3) is 0 Å². The second kappa shape index (κ2) is 9.12. The van der Waals surface area contributed by atoms with E-state index in [4.69, 9.17) is 0 Å². The molecule has 1 rings (SSSR count). The lowest BCUT2D eigenvalue weighted by atomic mass is 10.5. The molecule has 0 aliphatic carbocycles. The lowest BCUT2D eigenvalue weighted by molar-refractivity contribution is 0.749. The van der Waals surface area contributed by atoms with Gasteiger partial charge in [0.2, 0.25) is 0 Å². The van der Waals surface area contributed by atoms with E-state index in [1.165, 1.54) is 0 Å². The van der Waals surface area contributed by atoms with Crippen LogP contribution in [-0.4, -0.2) is 33.8 Å². The monoisotopic (exact) mass is 366 g/mol. The first-order valence-electron chi connectivity index (χ1n) is 6.06. The van der Waals surface area contributed by atoms with E-state index in [0.717, 1.165) is 37.1 Å². The summed E-state index contributed by atoms with van der Waals surface area (Å²) < 4.78 is 1.95. The fourth-order valence-electron chi connectivity index (χ4n) is 1.32. The SMILES string of the molecule is CCCNC(=NCc1nnc(C)n1C)NCC.I. The summed E-state index contributed by atoms with van der Waals surface area (Å²) in [4.78, 5) is 4.47. The van der Waals surface area contributed by atoms with Gasteiger partial charge in [0.1, 0.15) is 12.4 Å². The predicted octanol–water partition coefficient (Wildman–Crippen LogP) is 1.21. The van der Waals surface area contributed by atoms with Crippen molar-refractivity contribution in [3.05, 3.63) is 11.6 Å². The molecule has 0 atom stereocenters. The van der Waals surface area contributed by atoms with Crippen LogP contribution in [0, 0.1) is 6.92 Å². The van der Waals surface area contributed by atoms with E-state index in [9.17, 15) is 0 Å². The Kier molecular flexibility index (Phi) is 8.69. The van der Waals surface area contributed by atoms with E-state index in [-0.39, 0.29) is 24.0 Å². The first kappa shape index (κ1) is 17.1. The van der Waals surface area contributed by atoms with Crippen LogP contribution in [0.2, 0.25) is 0 Å². The van der Waals surface area contributed by atoms with Gasteiger partial charge in [0, 0.05) is 20.1 Å². The molecule has 0 saturated carbocycles. The van der Waals surface area contributed by atoms with Gasteiger partial charge in [-0.3, -0.25) is 0 Å². The van der Waals surface area contributed by atoms with Crippen molar-refractivity contribution in [2.75, 3.05) is 13.1 Å². The molecule has 0 aliphatic heterocycles. The molecule has 0 aliphatic rings. The van der Waals surface area contributed by atoms with E-state index in [1.807, 2.05) is 18.5 Å². The number of aromatic nitrogens is 3. The predicted molar refractivity (Wildman–Crippen MR) is 84.3 cm³/mol. The average Bonchev–Trinajstić information content (AvgIpc) is 2.64. The Balaban J connectivity index is 0.00000289. The Morgan fingerprint density at radius 2 is 2.00 bits per heavy atom. The van der Waals surface area contributed by atoms with Crippen LogP contribution >= 0.6 is 24.0 Å². The van der Waals surface area contributed by atoms with Crippen LogP contribution in [-0.2, 0) is 13.6 Å². The van der Waals surface area contributed by atoms with Crippen molar-refractivity contribution in [3.8, 4) is 0 Å². The minimum absolute atomic E-state index is 0. The van der Waals surface area contributed by atoms with Gasteiger partial charge in [-0.1, -0.05) is 6.92 Å². The number of nitrogens with one attached hydrogen (secondary N) is 2. The zero-order valence-corrected chi connectivity index (χ0v) is 13.9. The molecule has 0 amide bonds. The molecule has 0 bridgehead atoms. The Morgan fingerprint density at radius 1 is 1.28 bits per heavy atom. The number of hydrogen-bond donors (Lipinski definition) is 2. The normalized spacial score (nSPS) is 11.0. The third-order valence-electron chi connectivity index (χ3n) is 2.45. The molecule has 7 heteroatoms. The number of aliphatic imine (C=N–C) groups is 1. The van der Waals surface area contributed by atoms with Crippen molar-refractivity contribution in [3.63, 3.8) is 0 Å². The number of hydrogen-bond acceptors (Lipinski definition) is 3. The Bertz CT molecular complexity index is 374. The smallest absolute Gasteiger partial charge is 0.191 e. The zero-order valence-electron chi connectivity index (χ0n) is 11.5. The molecule has 2 N–H and O–H groups in total. The lowest BCUT2D eigenvalue weighted by Gasteiger charge is -2.09. The van der Waals surface area contributed by atoms with Gasteiger partial charge in [0.05, 0.1) is 0 Å². The highest BCUT2D eigenvalue weighted by Gasteiger charge is 2.04. The van der Waals surface area contributed by atoms with Crippen LogP contribution < -0.4 is 10.6 Å². The van der Waals surface area contributed by atoms with Gasteiger partial charge in [0.25, 0.3) is 0 Å². The average molecular weight is 366 g/mol. The lowest BCUT2D eigenvalue weighted by Crippen LogP contribution is -2.37. The maximum atomic E-state index is 4.47. The van der Waals surface area contributed by atoms with Gasteiger partial charge in [0.15, 0.2) is 11.8 Å². The van der Waals surface area contributed by atoms with Crippen molar-refractivity contribution < 1.29 is 0 Å². The maximum Gasteiger partial charge on any atom is 0.191 e. The topological polar surface area (TPSA) is 67.1 Å². The molecular weight excluding hydrogens is 343 g/mol. The molecule has 0 aromatic carbocycles. The van der Waals surface area contributed by atoms with E-state index in [2.05, 4.69) is 39.7 Å². The standard InChI is InChI=1S/C11H22N6.HI/c1-5-7-13-11(12-6-2)14-8-10-16-15-9(3)17(10)4;/h5-8H2,1-4H3,(H2,12,13,14);1H. The third kappa shape index (κ3) is 5.19. The summed E-state index contributed by atoms with van der Waals surface area (Å²) in [5.41, 5.74) is 0. The Hall–Kier alpha value is -0.860. The van der Waals surface area contributed by atoms with Crippen molar-refractivity contribution in [1.82, 2.24) is 25.4 Å². The molecule has 6 nitrogen and oxygen atoms in total. The van der Waals surface area contributed by atoms with Crippen molar-refractivity contribution in [1.29, 1.82) is 0 Å². The molecule has 0 radical (unpaired) electrons. The van der Waals surface area contributed by atoms with Crippen molar-refractivity contribution in [2.45, 2.75) is 33.7 Å². The van der Waals surface area contributed by atoms with E-state index >= 15 is 0 Å². The van der Waals surface area contributed by atoms with Gasteiger partial charge in [-0.15, -0.1) is 34.2 Å². The number of nitrogens with zero attached hydrogens (tertiary/aromatic N) is 4. The minimum atomic E-state index is 0. The Labute approximate surface area is 126 Å². The number of halogens is 1. The van der Waals surface area contributed by atoms with Crippen LogP contribution in [0.4, 0.5) is 0 Å². The van der Waals surface area contributed by atoms with E-state index in [0.29, 0.717) is 6.54 Å². The number of rotatable bonds is 5. The molecule has 0 saturated heterocycles. The van der Waals surface area contributed by atoms with Gasteiger partial charge < -0.3 is 15.2 Å². The number of aryl methyl sites for hydroxylation is 1. The van der Waals surface area contributed by atoms with Crippen LogP contribution in [0.1, 0.15) is 31.9 Å². The molecule has 1 aromatic heterocycles. The summed E-state index contributed by atoms with van der Waals surface area (Å²) >= 11 is 0. The summed E-state index contributed by atoms with van der Waals surface area (Å²) in [6, 6.07) is 0. The van der Waals surface area contributed by atoms with Crippen LogP contribution in [0.3, 0.4) is 0 Å². The van der Waals surface area contributed by atoms with Crippen molar-refractivity contribution in [2.24, 2.45) is 12.0 Å². The molecule has 0 fully saturated rings. The summed E-state index contributed by atoms with van der Waals surface area (Å²) in [7, 11) is 1.95. The summed E-state index contributed by atoms with van der Waals surface area (Å²) in [6.45, 7) is 8.42. The van der Waals surface area contributed by atoms with Gasteiger partial charge >= 0.3 is 0 Å². The van der Waals surface area contributed by atoms with Gasteiger partial charge in [-0.2, -0.15) is 0 Å². The van der Waals surface area contributed by atoms with Gasteiger partial charge in [-0.25, -0.2) is 4.99 Å². The Morgan fingerprint density at radius 3 is 2.50 bits per heavy atom. The van der Waals surface area contributed by atoms with Crippen molar-refractivity contribution >= 4 is 29.9 Å². The minimum Gasteiger partial charge on any atom is -0.357 e.